The Morgan fingerprint density at radius 1 is 1.17 bits per heavy atom. The van der Waals surface area contributed by atoms with Gasteiger partial charge in [-0.05, 0) is 61.6 Å². The van der Waals surface area contributed by atoms with Crippen LogP contribution >= 0.6 is 11.8 Å². The fraction of sp³-hybridized carbons (Fsp3) is 0.360. The zero-order valence-electron chi connectivity index (χ0n) is 17.9. The van der Waals surface area contributed by atoms with Gasteiger partial charge in [-0.2, -0.15) is 0 Å². The average molecular weight is 411 g/mol. The van der Waals surface area contributed by atoms with Crippen LogP contribution in [0.25, 0.3) is 5.70 Å². The van der Waals surface area contributed by atoms with Crippen molar-refractivity contribution in [3.05, 3.63) is 83.7 Å². The molecule has 0 amide bonds. The summed E-state index contributed by atoms with van der Waals surface area (Å²) >= 11 is 1.83. The normalized spacial score (nSPS) is 19.7. The van der Waals surface area contributed by atoms with Crippen LogP contribution < -0.4 is 15.8 Å². The fourth-order valence-electron chi connectivity index (χ4n) is 3.53. The van der Waals surface area contributed by atoms with E-state index >= 15 is 0 Å². The monoisotopic (exact) mass is 410 g/mol. The summed E-state index contributed by atoms with van der Waals surface area (Å²) in [6.45, 7) is 13.6. The van der Waals surface area contributed by atoms with Gasteiger partial charge in [-0.15, -0.1) is 0 Å². The van der Waals surface area contributed by atoms with Crippen molar-refractivity contribution in [1.82, 2.24) is 5.32 Å². The summed E-state index contributed by atoms with van der Waals surface area (Å²) in [6, 6.07) is 8.13. The standard InChI is InChI=1S/C23H28N2OS.C2H6/c1-4-5-6-9-16(2)26-20-14-12-18(13-15-20)21-22(17(3)24)27-23(25-21)19-10-7-8-11-19;1-2/h4-6,9,12-15,19,23,25H,1,3,7-8,10-11,24H2,2H3;1-2H3/b6-5-,16-9+;. The lowest BCUT2D eigenvalue weighted by Crippen LogP contribution is -2.26. The first-order valence-corrected chi connectivity index (χ1v) is 11.3. The largest absolute Gasteiger partial charge is 0.462 e. The van der Waals surface area contributed by atoms with Crippen LogP contribution in [0, 0.1) is 5.92 Å². The molecule has 1 saturated carbocycles. The van der Waals surface area contributed by atoms with Gasteiger partial charge in [0.05, 0.1) is 16.0 Å². The number of ether oxygens (including phenoxy) is 1. The molecular formula is C25H34N2OS. The van der Waals surface area contributed by atoms with E-state index in [0.717, 1.165) is 27.7 Å². The van der Waals surface area contributed by atoms with Crippen molar-refractivity contribution >= 4 is 17.5 Å². The number of allylic oxidation sites excluding steroid dienone is 5. The zero-order valence-corrected chi connectivity index (χ0v) is 18.7. The first-order valence-electron chi connectivity index (χ1n) is 10.4. The molecule has 1 aliphatic heterocycles. The van der Waals surface area contributed by atoms with Crippen LogP contribution in [-0.4, -0.2) is 5.37 Å². The summed E-state index contributed by atoms with van der Waals surface area (Å²) in [5.41, 5.74) is 8.93. The Morgan fingerprint density at radius 3 is 2.41 bits per heavy atom. The molecule has 3 rings (SSSR count). The summed E-state index contributed by atoms with van der Waals surface area (Å²) in [5, 5.41) is 4.10. The van der Waals surface area contributed by atoms with E-state index in [2.05, 4.69) is 30.6 Å². The highest BCUT2D eigenvalue weighted by Gasteiger charge is 2.33. The first-order chi connectivity index (χ1) is 14.1. The second-order valence-electron chi connectivity index (χ2n) is 6.98. The Labute approximate surface area is 180 Å². The van der Waals surface area contributed by atoms with Crippen LogP contribution in [0.3, 0.4) is 0 Å². The van der Waals surface area contributed by atoms with E-state index in [1.807, 2.05) is 62.9 Å². The minimum absolute atomic E-state index is 0.399. The molecule has 0 spiro atoms. The molecule has 29 heavy (non-hydrogen) atoms. The van der Waals surface area contributed by atoms with Gasteiger partial charge in [-0.25, -0.2) is 0 Å². The molecule has 0 saturated heterocycles. The van der Waals surface area contributed by atoms with E-state index in [1.54, 1.807) is 6.08 Å². The fourth-order valence-corrected chi connectivity index (χ4v) is 4.87. The van der Waals surface area contributed by atoms with E-state index in [9.17, 15) is 0 Å². The lowest BCUT2D eigenvalue weighted by atomic mass is 10.1. The molecule has 1 aromatic rings. The highest BCUT2D eigenvalue weighted by atomic mass is 32.2. The van der Waals surface area contributed by atoms with Crippen LogP contribution in [0.1, 0.15) is 52.0 Å². The SMILES string of the molecule is C=C/C=C\C=C(/C)Oc1ccc(C2=C(C(=C)N)SC(C3CCCC3)N2)cc1.CC. The lowest BCUT2D eigenvalue weighted by Gasteiger charge is -2.19. The van der Waals surface area contributed by atoms with Crippen LogP contribution in [-0.2, 0) is 0 Å². The van der Waals surface area contributed by atoms with Crippen LogP contribution in [0.2, 0.25) is 0 Å². The number of thioether (sulfide) groups is 1. The number of hydrogen-bond donors (Lipinski definition) is 2. The molecule has 156 valence electrons. The van der Waals surface area contributed by atoms with Gasteiger partial charge in [0.15, 0.2) is 0 Å². The third-order valence-corrected chi connectivity index (χ3v) is 6.34. The van der Waals surface area contributed by atoms with Gasteiger partial charge in [0.25, 0.3) is 0 Å². The van der Waals surface area contributed by atoms with Crippen LogP contribution in [0.4, 0.5) is 0 Å². The number of benzene rings is 1. The molecule has 1 unspecified atom stereocenters. The second kappa shape index (κ2) is 11.6. The zero-order chi connectivity index (χ0) is 21.2. The smallest absolute Gasteiger partial charge is 0.126 e. The number of hydrogen-bond acceptors (Lipinski definition) is 4. The summed E-state index contributed by atoms with van der Waals surface area (Å²) < 4.78 is 5.85. The Morgan fingerprint density at radius 2 is 1.83 bits per heavy atom. The minimum atomic E-state index is 0.399. The van der Waals surface area contributed by atoms with Gasteiger partial charge >= 0.3 is 0 Å². The lowest BCUT2D eigenvalue weighted by molar-refractivity contribution is 0.428. The van der Waals surface area contributed by atoms with Crippen LogP contribution in [0.15, 0.2) is 78.1 Å². The van der Waals surface area contributed by atoms with Crippen molar-refractivity contribution in [2.24, 2.45) is 11.7 Å². The van der Waals surface area contributed by atoms with Gasteiger partial charge in [0, 0.05) is 5.70 Å². The summed E-state index contributed by atoms with van der Waals surface area (Å²) in [5.74, 6) is 2.35. The van der Waals surface area contributed by atoms with E-state index in [1.165, 1.54) is 25.7 Å². The maximum Gasteiger partial charge on any atom is 0.126 e. The summed E-state index contributed by atoms with van der Waals surface area (Å²) in [7, 11) is 0. The number of rotatable bonds is 7. The first kappa shape index (κ1) is 23.0. The molecule has 1 aromatic carbocycles. The maximum atomic E-state index is 6.08. The molecule has 3 nitrogen and oxygen atoms in total. The Bertz CT molecular complexity index is 784. The van der Waals surface area contributed by atoms with Crippen molar-refractivity contribution in [2.45, 2.75) is 51.8 Å². The van der Waals surface area contributed by atoms with Gasteiger partial charge in [-0.3, -0.25) is 0 Å². The molecule has 2 aliphatic rings. The molecule has 0 radical (unpaired) electrons. The summed E-state index contributed by atoms with van der Waals surface area (Å²) in [6.07, 6.45) is 12.7. The van der Waals surface area contributed by atoms with E-state index in [0.29, 0.717) is 17.0 Å². The molecule has 1 fully saturated rings. The molecular weight excluding hydrogens is 376 g/mol. The number of nitrogens with two attached hydrogens (primary N) is 1. The summed E-state index contributed by atoms with van der Waals surface area (Å²) in [4.78, 5) is 1.08. The quantitative estimate of drug-likeness (QED) is 0.386. The van der Waals surface area contributed by atoms with Crippen molar-refractivity contribution in [1.29, 1.82) is 0 Å². The second-order valence-corrected chi connectivity index (χ2v) is 8.13. The Kier molecular flexibility index (Phi) is 9.20. The van der Waals surface area contributed by atoms with Gasteiger partial charge < -0.3 is 15.8 Å². The molecule has 0 aromatic heterocycles. The van der Waals surface area contributed by atoms with Crippen molar-refractivity contribution in [3.63, 3.8) is 0 Å². The van der Waals surface area contributed by atoms with E-state index < -0.39 is 0 Å². The molecule has 1 heterocycles. The Balaban J connectivity index is 0.00000145. The van der Waals surface area contributed by atoms with E-state index in [-0.39, 0.29) is 0 Å². The Hall–Kier alpha value is -2.33. The molecule has 1 aliphatic carbocycles. The maximum absolute atomic E-state index is 6.08. The third kappa shape index (κ3) is 6.33. The molecule has 0 bridgehead atoms. The third-order valence-electron chi connectivity index (χ3n) is 4.88. The van der Waals surface area contributed by atoms with Crippen molar-refractivity contribution in [3.8, 4) is 5.75 Å². The number of nitrogens with one attached hydrogen (secondary N) is 1. The average Bonchev–Trinajstić information content (AvgIpc) is 3.40. The highest BCUT2D eigenvalue weighted by molar-refractivity contribution is 8.04. The minimum Gasteiger partial charge on any atom is -0.462 e. The van der Waals surface area contributed by atoms with Crippen LogP contribution in [0.5, 0.6) is 5.75 Å². The molecule has 1 atom stereocenters. The van der Waals surface area contributed by atoms with Crippen molar-refractivity contribution in [2.75, 3.05) is 0 Å². The highest BCUT2D eigenvalue weighted by Crippen LogP contribution is 2.44. The van der Waals surface area contributed by atoms with E-state index in [4.69, 9.17) is 10.5 Å². The predicted molar refractivity (Wildman–Crippen MR) is 128 cm³/mol. The van der Waals surface area contributed by atoms with Crippen molar-refractivity contribution < 1.29 is 4.74 Å². The predicted octanol–water partition coefficient (Wildman–Crippen LogP) is 6.73. The van der Waals surface area contributed by atoms with Gasteiger partial charge in [0.2, 0.25) is 0 Å². The van der Waals surface area contributed by atoms with Gasteiger partial charge in [0.1, 0.15) is 11.5 Å². The molecule has 4 heteroatoms. The van der Waals surface area contributed by atoms with Gasteiger partial charge in [-0.1, -0.05) is 69.8 Å². The topological polar surface area (TPSA) is 47.3 Å². The molecule has 3 N–H and O–H groups in total.